The zero-order chi connectivity index (χ0) is 13.4. The van der Waals surface area contributed by atoms with Crippen LogP contribution in [-0.4, -0.2) is 18.2 Å². The third-order valence-corrected chi connectivity index (χ3v) is 3.74. The molecule has 0 amide bonds. The van der Waals surface area contributed by atoms with Crippen LogP contribution in [0.2, 0.25) is 0 Å². The molecule has 0 saturated heterocycles. The van der Waals surface area contributed by atoms with Gasteiger partial charge in [0.05, 0.1) is 26.2 Å². The van der Waals surface area contributed by atoms with E-state index in [1.165, 1.54) is 0 Å². The van der Waals surface area contributed by atoms with E-state index in [2.05, 4.69) is 0 Å². The van der Waals surface area contributed by atoms with Crippen LogP contribution in [0.15, 0.2) is 0 Å². The molecule has 0 spiro atoms. The van der Waals surface area contributed by atoms with Crippen LogP contribution in [0.3, 0.4) is 0 Å². The number of methoxy groups -OCH3 is 1. The molecule has 1 aromatic rings. The highest BCUT2D eigenvalue weighted by Gasteiger charge is 2.31. The number of ether oxygens (including phenoxy) is 2. The van der Waals surface area contributed by atoms with E-state index >= 15 is 0 Å². The normalized spacial score (nSPS) is 17.7. The molecule has 4 heteroatoms. The van der Waals surface area contributed by atoms with Crippen molar-refractivity contribution >= 4 is 5.97 Å². The zero-order valence-electron chi connectivity index (χ0n) is 11.2. The van der Waals surface area contributed by atoms with Crippen LogP contribution in [-0.2, 0) is 16.1 Å². The molecule has 1 aliphatic rings. The smallest absolute Gasteiger partial charge is 0.306 e. The van der Waals surface area contributed by atoms with E-state index < -0.39 is 5.97 Å². The van der Waals surface area contributed by atoms with Gasteiger partial charge in [0.1, 0.15) is 5.75 Å². The summed E-state index contributed by atoms with van der Waals surface area (Å²) in [7, 11) is 1.66. The van der Waals surface area contributed by atoms with Gasteiger partial charge in [-0.3, -0.25) is 4.79 Å². The second-order valence-electron chi connectivity index (χ2n) is 4.70. The van der Waals surface area contributed by atoms with Crippen molar-refractivity contribution in [3.63, 3.8) is 0 Å². The van der Waals surface area contributed by atoms with Crippen molar-refractivity contribution < 1.29 is 19.4 Å². The maximum atomic E-state index is 10.9. The van der Waals surface area contributed by atoms with Crippen LogP contribution in [0.1, 0.15) is 40.3 Å². The van der Waals surface area contributed by atoms with E-state index in [1.54, 1.807) is 7.11 Å². The maximum absolute atomic E-state index is 10.9. The lowest BCUT2D eigenvalue weighted by molar-refractivity contribution is -0.140. The second-order valence-corrected chi connectivity index (χ2v) is 4.70. The standard InChI is InChI=1S/C14H18O4/c1-7-8(2)14(17-4)9(3)10-6-18-11(13(7)10)5-12(15)16/h11H,5-6H2,1-4H3,(H,15,16). The summed E-state index contributed by atoms with van der Waals surface area (Å²) in [5, 5.41) is 8.93. The Morgan fingerprint density at radius 2 is 2.00 bits per heavy atom. The van der Waals surface area contributed by atoms with Gasteiger partial charge in [-0.05, 0) is 48.6 Å². The second kappa shape index (κ2) is 4.61. The lowest BCUT2D eigenvalue weighted by Gasteiger charge is -2.18. The Morgan fingerprint density at radius 3 is 2.56 bits per heavy atom. The van der Waals surface area contributed by atoms with Crippen molar-refractivity contribution in [3.05, 3.63) is 27.8 Å². The number of hydrogen-bond donors (Lipinski definition) is 1. The van der Waals surface area contributed by atoms with Gasteiger partial charge in [0.15, 0.2) is 0 Å². The fourth-order valence-electron chi connectivity index (χ4n) is 2.73. The molecule has 98 valence electrons. The zero-order valence-corrected chi connectivity index (χ0v) is 11.2. The Kier molecular flexibility index (Phi) is 3.30. The summed E-state index contributed by atoms with van der Waals surface area (Å²) in [5.41, 5.74) is 5.32. The summed E-state index contributed by atoms with van der Waals surface area (Å²) in [5.74, 6) is 0.0456. The molecule has 0 aromatic heterocycles. The summed E-state index contributed by atoms with van der Waals surface area (Å²) in [6, 6.07) is 0. The first kappa shape index (κ1) is 12.9. The lowest BCUT2D eigenvalue weighted by atomic mass is 9.90. The van der Waals surface area contributed by atoms with Crippen LogP contribution in [0.25, 0.3) is 0 Å². The van der Waals surface area contributed by atoms with Crippen LogP contribution in [0.4, 0.5) is 0 Å². The van der Waals surface area contributed by atoms with Crippen LogP contribution < -0.4 is 4.74 Å². The number of benzene rings is 1. The van der Waals surface area contributed by atoms with E-state index in [4.69, 9.17) is 14.6 Å². The molecule has 18 heavy (non-hydrogen) atoms. The number of hydrogen-bond acceptors (Lipinski definition) is 3. The van der Waals surface area contributed by atoms with Crippen LogP contribution in [0.5, 0.6) is 5.75 Å². The van der Waals surface area contributed by atoms with Gasteiger partial charge in [0.2, 0.25) is 0 Å². The number of carboxylic acids is 1. The first-order chi connectivity index (χ1) is 8.47. The molecule has 1 atom stereocenters. The average molecular weight is 250 g/mol. The Morgan fingerprint density at radius 1 is 1.33 bits per heavy atom. The van der Waals surface area contributed by atoms with Gasteiger partial charge in [-0.15, -0.1) is 0 Å². The van der Waals surface area contributed by atoms with Gasteiger partial charge in [0.25, 0.3) is 0 Å². The molecule has 0 saturated carbocycles. The quantitative estimate of drug-likeness (QED) is 0.896. The summed E-state index contributed by atoms with van der Waals surface area (Å²) in [4.78, 5) is 10.9. The van der Waals surface area contributed by atoms with Gasteiger partial charge < -0.3 is 14.6 Å². The third kappa shape index (κ3) is 1.86. The molecule has 1 N–H and O–H groups in total. The Balaban J connectivity index is 2.56. The molecule has 1 aromatic carbocycles. The highest BCUT2D eigenvalue weighted by Crippen LogP contribution is 2.42. The highest BCUT2D eigenvalue weighted by atomic mass is 16.5. The van der Waals surface area contributed by atoms with Crippen molar-refractivity contribution in [1.82, 2.24) is 0 Å². The summed E-state index contributed by atoms with van der Waals surface area (Å²) >= 11 is 0. The first-order valence-electron chi connectivity index (χ1n) is 5.97. The molecule has 0 aliphatic carbocycles. The van der Waals surface area contributed by atoms with E-state index in [9.17, 15) is 4.79 Å². The lowest BCUT2D eigenvalue weighted by Crippen LogP contribution is -2.08. The monoisotopic (exact) mass is 250 g/mol. The van der Waals surface area contributed by atoms with Crippen molar-refractivity contribution in [2.45, 2.75) is 39.9 Å². The largest absolute Gasteiger partial charge is 0.496 e. The Hall–Kier alpha value is -1.55. The van der Waals surface area contributed by atoms with Crippen LogP contribution >= 0.6 is 0 Å². The van der Waals surface area contributed by atoms with Crippen molar-refractivity contribution in [2.75, 3.05) is 7.11 Å². The fourth-order valence-corrected chi connectivity index (χ4v) is 2.73. The molecule has 0 bridgehead atoms. The first-order valence-corrected chi connectivity index (χ1v) is 5.97. The van der Waals surface area contributed by atoms with Crippen LogP contribution in [0, 0.1) is 20.8 Å². The minimum Gasteiger partial charge on any atom is -0.496 e. The number of fused-ring (bicyclic) bond motifs is 1. The SMILES string of the molecule is COc1c(C)c(C)c2c(c1C)COC2CC(=O)O. The molecule has 2 rings (SSSR count). The predicted molar refractivity (Wildman–Crippen MR) is 67.0 cm³/mol. The fraction of sp³-hybridized carbons (Fsp3) is 0.500. The third-order valence-electron chi connectivity index (χ3n) is 3.74. The molecule has 4 nitrogen and oxygen atoms in total. The van der Waals surface area contributed by atoms with Gasteiger partial charge in [-0.1, -0.05) is 0 Å². The van der Waals surface area contributed by atoms with Crippen molar-refractivity contribution in [1.29, 1.82) is 0 Å². The molecule has 0 radical (unpaired) electrons. The van der Waals surface area contributed by atoms with E-state index in [-0.39, 0.29) is 12.5 Å². The predicted octanol–water partition coefficient (Wildman–Crippen LogP) is 2.67. The van der Waals surface area contributed by atoms with Crippen molar-refractivity contribution in [3.8, 4) is 5.75 Å². The maximum Gasteiger partial charge on any atom is 0.306 e. The molecule has 1 heterocycles. The molecule has 1 unspecified atom stereocenters. The molecular weight excluding hydrogens is 232 g/mol. The number of carboxylic acid groups (broad SMARTS) is 1. The Bertz CT molecular complexity index is 505. The summed E-state index contributed by atoms with van der Waals surface area (Å²) in [6.07, 6.45) is -0.320. The summed E-state index contributed by atoms with van der Waals surface area (Å²) < 4.78 is 11.0. The minimum atomic E-state index is -0.835. The van der Waals surface area contributed by atoms with Crippen molar-refractivity contribution in [2.24, 2.45) is 0 Å². The highest BCUT2D eigenvalue weighted by molar-refractivity contribution is 5.69. The van der Waals surface area contributed by atoms with E-state index in [0.717, 1.165) is 33.6 Å². The molecular formula is C14H18O4. The van der Waals surface area contributed by atoms with E-state index in [1.807, 2.05) is 20.8 Å². The Labute approximate surface area is 107 Å². The molecule has 1 aliphatic heterocycles. The van der Waals surface area contributed by atoms with Gasteiger partial charge in [-0.25, -0.2) is 0 Å². The topological polar surface area (TPSA) is 55.8 Å². The van der Waals surface area contributed by atoms with Gasteiger partial charge >= 0.3 is 5.97 Å². The molecule has 0 fully saturated rings. The van der Waals surface area contributed by atoms with E-state index in [0.29, 0.717) is 6.61 Å². The van der Waals surface area contributed by atoms with Gasteiger partial charge in [0, 0.05) is 0 Å². The number of carbonyl (C=O) groups is 1. The number of rotatable bonds is 3. The number of aliphatic carboxylic acids is 1. The van der Waals surface area contributed by atoms with Gasteiger partial charge in [-0.2, -0.15) is 0 Å². The minimum absolute atomic E-state index is 0.0129. The average Bonchev–Trinajstić information content (AvgIpc) is 2.70. The summed E-state index contributed by atoms with van der Waals surface area (Å²) in [6.45, 7) is 6.46.